The van der Waals surface area contributed by atoms with Crippen LogP contribution in [0, 0.1) is 0 Å². The summed E-state index contributed by atoms with van der Waals surface area (Å²) >= 11 is 3.48. The second-order valence-corrected chi connectivity index (χ2v) is 7.66. The number of ether oxygens (including phenoxy) is 1. The Bertz CT molecular complexity index is 848. The summed E-state index contributed by atoms with van der Waals surface area (Å²) in [6.07, 6.45) is 1.17. The van der Waals surface area contributed by atoms with Crippen LogP contribution in [0.25, 0.3) is 0 Å². The molecule has 2 aromatic rings. The fraction of sp³-hybridized carbons (Fsp3) is 0.333. The van der Waals surface area contributed by atoms with Gasteiger partial charge >= 0.3 is 0 Å². The van der Waals surface area contributed by atoms with Gasteiger partial charge in [-0.2, -0.15) is 0 Å². The lowest BCUT2D eigenvalue weighted by Gasteiger charge is -2.36. The Morgan fingerprint density at radius 1 is 1.15 bits per heavy atom. The SMILES string of the molecule is COc1cc(N2CCN([C@H]3C[C@H]3c3ccccc3)CC2=C=O)ccc1Br. The number of methoxy groups -OCH3 is 1. The molecule has 134 valence electrons. The first-order valence-corrected chi connectivity index (χ1v) is 9.64. The molecule has 2 aromatic carbocycles. The highest BCUT2D eigenvalue weighted by molar-refractivity contribution is 9.10. The molecule has 0 amide bonds. The van der Waals surface area contributed by atoms with Gasteiger partial charge in [-0.3, -0.25) is 4.90 Å². The largest absolute Gasteiger partial charge is 0.495 e. The van der Waals surface area contributed by atoms with E-state index in [9.17, 15) is 4.79 Å². The van der Waals surface area contributed by atoms with Crippen molar-refractivity contribution in [2.45, 2.75) is 18.4 Å². The molecule has 4 nitrogen and oxygen atoms in total. The molecular weight excluding hydrogens is 392 g/mol. The highest BCUT2D eigenvalue weighted by Crippen LogP contribution is 2.45. The highest BCUT2D eigenvalue weighted by Gasteiger charge is 2.44. The number of piperazine rings is 1. The molecule has 0 radical (unpaired) electrons. The predicted octanol–water partition coefficient (Wildman–Crippen LogP) is 3.85. The van der Waals surface area contributed by atoms with Crippen LogP contribution < -0.4 is 9.64 Å². The Hall–Kier alpha value is -2.07. The van der Waals surface area contributed by atoms with Crippen LogP contribution in [0.5, 0.6) is 5.75 Å². The maximum atomic E-state index is 11.6. The molecule has 5 heteroatoms. The highest BCUT2D eigenvalue weighted by atomic mass is 79.9. The van der Waals surface area contributed by atoms with Crippen LogP contribution in [0.4, 0.5) is 5.69 Å². The summed E-state index contributed by atoms with van der Waals surface area (Å²) in [4.78, 5) is 16.1. The Kier molecular flexibility index (Phi) is 4.86. The van der Waals surface area contributed by atoms with Gasteiger partial charge in [0.2, 0.25) is 0 Å². The minimum Gasteiger partial charge on any atom is -0.495 e. The van der Waals surface area contributed by atoms with Crippen molar-refractivity contribution in [3.63, 3.8) is 0 Å². The Balaban J connectivity index is 1.48. The molecule has 0 spiro atoms. The zero-order valence-electron chi connectivity index (χ0n) is 14.7. The number of carbonyl (C=O) groups excluding carboxylic acids is 1. The fourth-order valence-electron chi connectivity index (χ4n) is 3.84. The first-order valence-electron chi connectivity index (χ1n) is 8.85. The number of halogens is 1. The van der Waals surface area contributed by atoms with Crippen LogP contribution in [0.15, 0.2) is 58.7 Å². The van der Waals surface area contributed by atoms with Gasteiger partial charge in [0.1, 0.15) is 17.4 Å². The van der Waals surface area contributed by atoms with Crippen molar-refractivity contribution in [3.05, 3.63) is 64.3 Å². The minimum atomic E-state index is 0.530. The van der Waals surface area contributed by atoms with Gasteiger partial charge in [-0.1, -0.05) is 30.3 Å². The average Bonchev–Trinajstić information content (AvgIpc) is 3.49. The van der Waals surface area contributed by atoms with Gasteiger partial charge in [0, 0.05) is 36.8 Å². The molecule has 1 saturated carbocycles. The van der Waals surface area contributed by atoms with Crippen molar-refractivity contribution in [1.82, 2.24) is 4.90 Å². The third-order valence-corrected chi connectivity index (χ3v) is 5.96. The predicted molar refractivity (Wildman–Crippen MR) is 106 cm³/mol. The maximum absolute atomic E-state index is 11.6. The zero-order valence-corrected chi connectivity index (χ0v) is 16.3. The van der Waals surface area contributed by atoms with Crippen LogP contribution in [-0.4, -0.2) is 43.6 Å². The summed E-state index contributed by atoms with van der Waals surface area (Å²) < 4.78 is 6.29. The van der Waals surface area contributed by atoms with E-state index in [0.717, 1.165) is 29.0 Å². The van der Waals surface area contributed by atoms with Gasteiger partial charge < -0.3 is 9.64 Å². The second-order valence-electron chi connectivity index (χ2n) is 6.81. The molecule has 0 bridgehead atoms. The molecule has 2 atom stereocenters. The number of benzene rings is 2. The molecular formula is C21H21BrN2O2. The van der Waals surface area contributed by atoms with Gasteiger partial charge in [0.05, 0.1) is 18.1 Å². The van der Waals surface area contributed by atoms with Gasteiger partial charge in [-0.25, -0.2) is 4.79 Å². The van der Waals surface area contributed by atoms with Crippen LogP contribution >= 0.6 is 15.9 Å². The Morgan fingerprint density at radius 3 is 2.69 bits per heavy atom. The molecule has 1 heterocycles. The number of hydrogen-bond donors (Lipinski definition) is 0. The van der Waals surface area contributed by atoms with E-state index in [-0.39, 0.29) is 0 Å². The maximum Gasteiger partial charge on any atom is 0.147 e. The van der Waals surface area contributed by atoms with E-state index in [1.165, 1.54) is 12.0 Å². The molecule has 0 unspecified atom stereocenters. The first-order chi connectivity index (χ1) is 12.7. The quantitative estimate of drug-likeness (QED) is 0.713. The lowest BCUT2D eigenvalue weighted by Crippen LogP contribution is -2.46. The number of rotatable bonds is 4. The third kappa shape index (κ3) is 3.30. The fourth-order valence-corrected chi connectivity index (χ4v) is 4.24. The van der Waals surface area contributed by atoms with E-state index < -0.39 is 0 Å². The van der Waals surface area contributed by atoms with Crippen molar-refractivity contribution in [2.24, 2.45) is 0 Å². The van der Waals surface area contributed by atoms with Crippen molar-refractivity contribution in [2.75, 3.05) is 31.6 Å². The number of hydrogen-bond acceptors (Lipinski definition) is 4. The van der Waals surface area contributed by atoms with E-state index in [1.807, 2.05) is 18.2 Å². The van der Waals surface area contributed by atoms with E-state index in [2.05, 4.69) is 62.0 Å². The summed E-state index contributed by atoms with van der Waals surface area (Å²) in [6, 6.07) is 17.1. The topological polar surface area (TPSA) is 32.8 Å². The van der Waals surface area contributed by atoms with E-state index in [4.69, 9.17) is 4.74 Å². The normalized spacial score (nSPS) is 22.8. The van der Waals surface area contributed by atoms with Crippen molar-refractivity contribution < 1.29 is 9.53 Å². The minimum absolute atomic E-state index is 0.530. The summed E-state index contributed by atoms with van der Waals surface area (Å²) in [5.41, 5.74) is 3.06. The smallest absolute Gasteiger partial charge is 0.147 e. The Morgan fingerprint density at radius 2 is 1.96 bits per heavy atom. The van der Waals surface area contributed by atoms with Gasteiger partial charge in [0.15, 0.2) is 0 Å². The van der Waals surface area contributed by atoms with Crippen LogP contribution in [-0.2, 0) is 4.79 Å². The summed E-state index contributed by atoms with van der Waals surface area (Å²) in [7, 11) is 1.65. The van der Waals surface area contributed by atoms with Crippen LogP contribution in [0.2, 0.25) is 0 Å². The second kappa shape index (κ2) is 7.28. The lowest BCUT2D eigenvalue weighted by atomic mass is 10.1. The van der Waals surface area contributed by atoms with Crippen molar-refractivity contribution >= 4 is 27.6 Å². The molecule has 0 aromatic heterocycles. The van der Waals surface area contributed by atoms with E-state index >= 15 is 0 Å². The zero-order chi connectivity index (χ0) is 18.1. The number of anilines is 1. The molecule has 0 N–H and O–H groups in total. The monoisotopic (exact) mass is 412 g/mol. The van der Waals surface area contributed by atoms with Crippen molar-refractivity contribution in [3.8, 4) is 5.75 Å². The number of nitrogens with zero attached hydrogens (tertiary/aromatic N) is 2. The molecule has 2 aliphatic rings. The molecule has 1 saturated heterocycles. The van der Waals surface area contributed by atoms with Gasteiger partial charge in [-0.05, 0) is 40.0 Å². The third-order valence-electron chi connectivity index (χ3n) is 5.31. The Labute approximate surface area is 162 Å². The summed E-state index contributed by atoms with van der Waals surface area (Å²) in [5, 5.41) is 0. The first kappa shape index (κ1) is 17.3. The molecule has 26 heavy (non-hydrogen) atoms. The van der Waals surface area contributed by atoms with E-state index in [0.29, 0.717) is 24.2 Å². The lowest BCUT2D eigenvalue weighted by molar-refractivity contribution is 0.266. The molecule has 2 fully saturated rings. The molecule has 1 aliphatic heterocycles. The average molecular weight is 413 g/mol. The molecule has 4 rings (SSSR count). The van der Waals surface area contributed by atoms with Crippen LogP contribution in [0.3, 0.4) is 0 Å². The van der Waals surface area contributed by atoms with Gasteiger partial charge in [0.25, 0.3) is 0 Å². The summed E-state index contributed by atoms with van der Waals surface area (Å²) in [5.74, 6) is 3.52. The standard InChI is InChI=1S/C21H21BrN2O2/c1-26-21-11-16(7-8-19(21)22)24-10-9-23(13-17(24)14-25)20-12-18(20)15-5-3-2-4-6-15/h2-8,11,18,20H,9-10,12-13H2,1H3/t18-,20-/m0/s1. The molecule has 1 aliphatic carbocycles. The van der Waals surface area contributed by atoms with Gasteiger partial charge in [-0.15, -0.1) is 0 Å². The summed E-state index contributed by atoms with van der Waals surface area (Å²) in [6.45, 7) is 2.38. The van der Waals surface area contributed by atoms with Crippen molar-refractivity contribution in [1.29, 1.82) is 0 Å². The van der Waals surface area contributed by atoms with E-state index in [1.54, 1.807) is 7.11 Å². The van der Waals surface area contributed by atoms with Crippen LogP contribution in [0.1, 0.15) is 17.9 Å².